The summed E-state index contributed by atoms with van der Waals surface area (Å²) in [6.07, 6.45) is 0. The van der Waals surface area contributed by atoms with Crippen molar-refractivity contribution in [3.05, 3.63) is 106 Å². The average molecular weight is 500 g/mol. The molecule has 0 saturated carbocycles. The molecule has 0 fully saturated rings. The third-order valence-electron chi connectivity index (χ3n) is 5.49. The molecule has 0 bridgehead atoms. The lowest BCUT2D eigenvalue weighted by Gasteiger charge is -2.09. The van der Waals surface area contributed by atoms with E-state index in [4.69, 9.17) is 9.15 Å². The van der Waals surface area contributed by atoms with E-state index in [0.717, 1.165) is 10.8 Å². The van der Waals surface area contributed by atoms with Crippen molar-refractivity contribution in [2.75, 3.05) is 12.4 Å². The molecule has 5 rings (SSSR count). The van der Waals surface area contributed by atoms with Crippen molar-refractivity contribution in [3.8, 4) is 5.75 Å². The lowest BCUT2D eigenvalue weighted by atomic mass is 10.0. The highest BCUT2D eigenvalue weighted by Crippen LogP contribution is 2.34. The highest BCUT2D eigenvalue weighted by Gasteiger charge is 2.24. The fourth-order valence-corrected chi connectivity index (χ4v) is 4.41. The molecule has 0 unspecified atom stereocenters. The van der Waals surface area contributed by atoms with E-state index in [1.807, 2.05) is 54.6 Å². The van der Waals surface area contributed by atoms with Crippen molar-refractivity contribution in [1.82, 2.24) is 0 Å². The Labute approximate surface area is 198 Å². The number of para-hydroxylation sites is 1. The SMILES string of the molecule is COc1ccc(C(=O)c2oc3ccccc3c2NC(=O)c2cccc3ccccc23)cc1Br. The van der Waals surface area contributed by atoms with Crippen molar-refractivity contribution in [3.63, 3.8) is 0 Å². The number of rotatable bonds is 5. The van der Waals surface area contributed by atoms with Gasteiger partial charge in [-0.3, -0.25) is 9.59 Å². The quantitative estimate of drug-likeness (QED) is 0.268. The van der Waals surface area contributed by atoms with E-state index in [1.165, 1.54) is 0 Å². The molecule has 6 heteroatoms. The molecule has 33 heavy (non-hydrogen) atoms. The van der Waals surface area contributed by atoms with E-state index in [1.54, 1.807) is 37.4 Å². The van der Waals surface area contributed by atoms with Crippen LogP contribution in [0.3, 0.4) is 0 Å². The van der Waals surface area contributed by atoms with Crippen LogP contribution in [-0.4, -0.2) is 18.8 Å². The number of amides is 1. The normalized spacial score (nSPS) is 11.0. The number of furan rings is 1. The van der Waals surface area contributed by atoms with Crippen LogP contribution >= 0.6 is 15.9 Å². The summed E-state index contributed by atoms with van der Waals surface area (Å²) in [6, 6.07) is 25.5. The van der Waals surface area contributed by atoms with Gasteiger partial charge in [0.05, 0.1) is 17.3 Å². The zero-order valence-corrected chi connectivity index (χ0v) is 19.2. The molecule has 0 aliphatic carbocycles. The minimum Gasteiger partial charge on any atom is -0.496 e. The lowest BCUT2D eigenvalue weighted by Crippen LogP contribution is -2.14. The molecule has 0 saturated heterocycles. The molecule has 0 radical (unpaired) electrons. The van der Waals surface area contributed by atoms with E-state index < -0.39 is 0 Å². The highest BCUT2D eigenvalue weighted by molar-refractivity contribution is 9.10. The van der Waals surface area contributed by atoms with Crippen LogP contribution in [0.25, 0.3) is 21.7 Å². The van der Waals surface area contributed by atoms with Crippen LogP contribution in [0.2, 0.25) is 0 Å². The van der Waals surface area contributed by atoms with Gasteiger partial charge in [0.25, 0.3) is 5.91 Å². The Morgan fingerprint density at radius 1 is 0.879 bits per heavy atom. The molecule has 162 valence electrons. The summed E-state index contributed by atoms with van der Waals surface area (Å²) in [5.74, 6) is 0.0218. The fraction of sp³-hybridized carbons (Fsp3) is 0.0370. The molecular weight excluding hydrogens is 482 g/mol. The van der Waals surface area contributed by atoms with Crippen molar-refractivity contribution in [2.24, 2.45) is 0 Å². The van der Waals surface area contributed by atoms with Gasteiger partial charge < -0.3 is 14.5 Å². The molecule has 1 N–H and O–H groups in total. The first-order valence-electron chi connectivity index (χ1n) is 10.3. The van der Waals surface area contributed by atoms with Crippen LogP contribution in [0.5, 0.6) is 5.75 Å². The van der Waals surface area contributed by atoms with Crippen molar-refractivity contribution in [1.29, 1.82) is 0 Å². The third kappa shape index (κ3) is 3.79. The molecule has 4 aromatic carbocycles. The van der Waals surface area contributed by atoms with Gasteiger partial charge in [-0.2, -0.15) is 0 Å². The summed E-state index contributed by atoms with van der Waals surface area (Å²) in [4.78, 5) is 26.7. The van der Waals surface area contributed by atoms with E-state index in [9.17, 15) is 9.59 Å². The van der Waals surface area contributed by atoms with E-state index in [2.05, 4.69) is 21.2 Å². The zero-order chi connectivity index (χ0) is 22.9. The number of ketones is 1. The van der Waals surface area contributed by atoms with Gasteiger partial charge in [-0.25, -0.2) is 0 Å². The Morgan fingerprint density at radius 3 is 2.39 bits per heavy atom. The maximum atomic E-state index is 13.4. The Hall–Kier alpha value is -3.90. The first-order valence-corrected chi connectivity index (χ1v) is 11.0. The van der Waals surface area contributed by atoms with Crippen LogP contribution in [0, 0.1) is 0 Å². The number of anilines is 1. The van der Waals surface area contributed by atoms with Gasteiger partial charge in [-0.1, -0.05) is 48.5 Å². The second-order valence-corrected chi connectivity index (χ2v) is 8.32. The summed E-state index contributed by atoms with van der Waals surface area (Å²) < 4.78 is 11.8. The standard InChI is InChI=1S/C27H18BrNO4/c1-32-23-14-13-17(15-21(23)28)25(30)26-24(20-10-4-5-12-22(20)33-26)29-27(31)19-11-6-8-16-7-2-3-9-18(16)19/h2-15H,1H3,(H,29,31). The minimum absolute atomic E-state index is 0.0712. The lowest BCUT2D eigenvalue weighted by molar-refractivity contribution is 0.101. The van der Waals surface area contributed by atoms with Crippen molar-refractivity contribution < 1.29 is 18.7 Å². The second kappa shape index (κ2) is 8.56. The Bertz CT molecular complexity index is 1530. The summed E-state index contributed by atoms with van der Waals surface area (Å²) in [5, 5.41) is 5.39. The number of ether oxygens (including phenoxy) is 1. The molecule has 1 heterocycles. The van der Waals surface area contributed by atoms with Gasteiger partial charge in [0.1, 0.15) is 11.3 Å². The van der Waals surface area contributed by atoms with Crippen molar-refractivity contribution >= 4 is 55.0 Å². The number of carbonyl (C=O) groups excluding carboxylic acids is 2. The van der Waals surface area contributed by atoms with Crippen LogP contribution in [-0.2, 0) is 0 Å². The average Bonchev–Trinajstić information content (AvgIpc) is 3.21. The number of methoxy groups -OCH3 is 1. The number of benzene rings is 4. The Morgan fingerprint density at radius 2 is 1.61 bits per heavy atom. The number of hydrogen-bond acceptors (Lipinski definition) is 4. The van der Waals surface area contributed by atoms with E-state index in [0.29, 0.717) is 38.0 Å². The maximum Gasteiger partial charge on any atom is 0.256 e. The maximum absolute atomic E-state index is 13.4. The first-order chi connectivity index (χ1) is 16.1. The van der Waals surface area contributed by atoms with Crippen LogP contribution < -0.4 is 10.1 Å². The molecule has 5 nitrogen and oxygen atoms in total. The van der Waals surface area contributed by atoms with Gasteiger partial charge in [0.15, 0.2) is 5.76 Å². The molecule has 0 atom stereocenters. The zero-order valence-electron chi connectivity index (χ0n) is 17.6. The predicted molar refractivity (Wildman–Crippen MR) is 132 cm³/mol. The van der Waals surface area contributed by atoms with Crippen LogP contribution in [0.1, 0.15) is 26.5 Å². The monoisotopic (exact) mass is 499 g/mol. The smallest absolute Gasteiger partial charge is 0.256 e. The molecule has 0 aliphatic rings. The van der Waals surface area contributed by atoms with E-state index in [-0.39, 0.29) is 17.5 Å². The number of fused-ring (bicyclic) bond motifs is 2. The molecule has 1 amide bonds. The molecular formula is C27H18BrNO4. The van der Waals surface area contributed by atoms with Crippen molar-refractivity contribution in [2.45, 2.75) is 0 Å². The van der Waals surface area contributed by atoms with Gasteiger partial charge >= 0.3 is 0 Å². The Kier molecular flexibility index (Phi) is 5.44. The minimum atomic E-state index is -0.345. The van der Waals surface area contributed by atoms with E-state index >= 15 is 0 Å². The summed E-state index contributed by atoms with van der Waals surface area (Å²) in [7, 11) is 1.56. The second-order valence-electron chi connectivity index (χ2n) is 7.46. The van der Waals surface area contributed by atoms with Gasteiger partial charge in [-0.15, -0.1) is 0 Å². The number of nitrogens with one attached hydrogen (secondary N) is 1. The largest absolute Gasteiger partial charge is 0.496 e. The fourth-order valence-electron chi connectivity index (χ4n) is 3.87. The predicted octanol–water partition coefficient (Wildman–Crippen LogP) is 6.84. The summed E-state index contributed by atoms with van der Waals surface area (Å²) in [6.45, 7) is 0. The van der Waals surface area contributed by atoms with Gasteiger partial charge in [-0.05, 0) is 63.1 Å². The topological polar surface area (TPSA) is 68.5 Å². The number of carbonyl (C=O) groups is 2. The highest BCUT2D eigenvalue weighted by atomic mass is 79.9. The molecule has 0 aliphatic heterocycles. The molecule has 1 aromatic heterocycles. The number of halogens is 1. The summed E-state index contributed by atoms with van der Waals surface area (Å²) >= 11 is 3.42. The van der Waals surface area contributed by atoms with Crippen LogP contribution in [0.4, 0.5) is 5.69 Å². The third-order valence-corrected chi connectivity index (χ3v) is 6.11. The number of hydrogen-bond donors (Lipinski definition) is 1. The molecule has 0 spiro atoms. The Balaban J connectivity index is 1.59. The van der Waals surface area contributed by atoms with Crippen LogP contribution in [0.15, 0.2) is 93.8 Å². The summed E-state index contributed by atoms with van der Waals surface area (Å²) in [5.41, 5.74) is 1.79. The van der Waals surface area contributed by atoms with Gasteiger partial charge in [0, 0.05) is 16.5 Å². The first kappa shape index (κ1) is 21.0. The molecule has 5 aromatic rings. The van der Waals surface area contributed by atoms with Gasteiger partial charge in [0.2, 0.25) is 5.78 Å².